The van der Waals surface area contributed by atoms with Crippen molar-refractivity contribution in [2.45, 2.75) is 12.8 Å². The number of anilines is 1. The fourth-order valence-electron chi connectivity index (χ4n) is 2.15. The minimum absolute atomic E-state index is 0.221. The van der Waals surface area contributed by atoms with Crippen LogP contribution in [0.25, 0.3) is 11.0 Å². The number of nitrogens with zero attached hydrogens (tertiary/aromatic N) is 3. The van der Waals surface area contributed by atoms with Crippen molar-refractivity contribution in [2.75, 3.05) is 25.1 Å². The summed E-state index contributed by atoms with van der Waals surface area (Å²) in [5.74, 6) is 1.38. The van der Waals surface area contributed by atoms with Gasteiger partial charge < -0.3 is 10.1 Å². The molecule has 0 spiro atoms. The van der Waals surface area contributed by atoms with Crippen LogP contribution < -0.4 is 5.32 Å². The molecule has 0 aliphatic carbocycles. The Kier molecular flexibility index (Phi) is 3.29. The van der Waals surface area contributed by atoms with Gasteiger partial charge in [0, 0.05) is 19.8 Å². The minimum Gasteiger partial charge on any atom is -0.381 e. The van der Waals surface area contributed by atoms with Gasteiger partial charge in [0.15, 0.2) is 5.65 Å². The average Bonchev–Trinajstić information content (AvgIpc) is 2.98. The molecule has 1 aliphatic heterocycles. The van der Waals surface area contributed by atoms with E-state index in [9.17, 15) is 0 Å². The summed E-state index contributed by atoms with van der Waals surface area (Å²) < 4.78 is 5.35. The standard InChI is InChI=1S/C11H14ClN5O/c12-11-15-9(8-5-14-17-10(8)16-11)13-3-1-7-2-4-18-6-7/h5,7H,1-4,6H2,(H2,13,14,15,16,17). The van der Waals surface area contributed by atoms with Gasteiger partial charge >= 0.3 is 0 Å². The highest BCUT2D eigenvalue weighted by Crippen LogP contribution is 2.21. The predicted octanol–water partition coefficient (Wildman–Crippen LogP) is 1.84. The van der Waals surface area contributed by atoms with E-state index in [0.29, 0.717) is 11.6 Å². The number of fused-ring (bicyclic) bond motifs is 1. The molecule has 1 atom stereocenters. The number of rotatable bonds is 4. The molecule has 2 aromatic heterocycles. The first-order valence-corrected chi connectivity index (χ1v) is 6.39. The van der Waals surface area contributed by atoms with E-state index in [1.165, 1.54) is 0 Å². The Balaban J connectivity index is 1.67. The molecule has 3 heterocycles. The van der Waals surface area contributed by atoms with Gasteiger partial charge in [0.1, 0.15) is 5.82 Å². The van der Waals surface area contributed by atoms with Gasteiger partial charge in [-0.1, -0.05) is 0 Å². The maximum atomic E-state index is 5.86. The van der Waals surface area contributed by atoms with Gasteiger partial charge in [0.2, 0.25) is 5.28 Å². The Hall–Kier alpha value is -1.40. The van der Waals surface area contributed by atoms with E-state index in [2.05, 4.69) is 25.5 Å². The second-order valence-corrected chi connectivity index (χ2v) is 4.76. The van der Waals surface area contributed by atoms with Crippen LogP contribution in [-0.2, 0) is 4.74 Å². The molecule has 0 aromatic carbocycles. The second-order valence-electron chi connectivity index (χ2n) is 4.42. The number of halogens is 1. The van der Waals surface area contributed by atoms with E-state index < -0.39 is 0 Å². The maximum absolute atomic E-state index is 5.86. The van der Waals surface area contributed by atoms with Gasteiger partial charge in [-0.25, -0.2) is 0 Å². The van der Waals surface area contributed by atoms with E-state index in [1.807, 2.05) is 0 Å². The highest BCUT2D eigenvalue weighted by molar-refractivity contribution is 6.28. The van der Waals surface area contributed by atoms with Crippen LogP contribution in [0.1, 0.15) is 12.8 Å². The number of nitrogens with one attached hydrogen (secondary N) is 2. The van der Waals surface area contributed by atoms with E-state index >= 15 is 0 Å². The Morgan fingerprint density at radius 1 is 1.50 bits per heavy atom. The molecule has 3 rings (SSSR count). The lowest BCUT2D eigenvalue weighted by atomic mass is 10.1. The summed E-state index contributed by atoms with van der Waals surface area (Å²) in [5, 5.41) is 11.1. The summed E-state index contributed by atoms with van der Waals surface area (Å²) in [4.78, 5) is 8.25. The van der Waals surface area contributed by atoms with Crippen molar-refractivity contribution < 1.29 is 4.74 Å². The molecule has 0 amide bonds. The average molecular weight is 268 g/mol. The molecule has 18 heavy (non-hydrogen) atoms. The van der Waals surface area contributed by atoms with E-state index in [0.717, 1.165) is 43.8 Å². The summed E-state index contributed by atoms with van der Waals surface area (Å²) >= 11 is 5.86. The van der Waals surface area contributed by atoms with Crippen molar-refractivity contribution in [2.24, 2.45) is 5.92 Å². The van der Waals surface area contributed by atoms with Gasteiger partial charge in [-0.3, -0.25) is 5.10 Å². The molecule has 0 saturated carbocycles. The molecule has 0 radical (unpaired) electrons. The topological polar surface area (TPSA) is 75.7 Å². The lowest BCUT2D eigenvalue weighted by Gasteiger charge is -2.09. The largest absolute Gasteiger partial charge is 0.381 e. The first kappa shape index (κ1) is 11.7. The zero-order valence-electron chi connectivity index (χ0n) is 9.82. The lowest BCUT2D eigenvalue weighted by Crippen LogP contribution is -2.10. The first-order valence-electron chi connectivity index (χ1n) is 6.01. The molecular formula is C11H14ClN5O. The third kappa shape index (κ3) is 2.39. The van der Waals surface area contributed by atoms with E-state index in [1.54, 1.807) is 6.20 Å². The number of hydrogen-bond acceptors (Lipinski definition) is 5. The van der Waals surface area contributed by atoms with Crippen molar-refractivity contribution in [3.63, 3.8) is 0 Å². The molecule has 2 aromatic rings. The highest BCUT2D eigenvalue weighted by Gasteiger charge is 2.15. The zero-order chi connectivity index (χ0) is 12.4. The molecule has 0 bridgehead atoms. The van der Waals surface area contributed by atoms with Crippen LogP contribution in [0.4, 0.5) is 5.82 Å². The SMILES string of the molecule is Clc1nc(NCCC2CCOC2)c2cn[nH]c2n1. The summed E-state index contributed by atoms with van der Waals surface area (Å²) in [6.45, 7) is 2.60. The van der Waals surface area contributed by atoms with Crippen LogP contribution in [-0.4, -0.2) is 39.9 Å². The molecule has 7 heteroatoms. The minimum atomic E-state index is 0.221. The number of hydrogen-bond donors (Lipinski definition) is 2. The Bertz CT molecular complexity index is 537. The van der Waals surface area contributed by atoms with Crippen molar-refractivity contribution >= 4 is 28.5 Å². The Morgan fingerprint density at radius 2 is 2.44 bits per heavy atom. The lowest BCUT2D eigenvalue weighted by molar-refractivity contribution is 0.185. The van der Waals surface area contributed by atoms with Crippen molar-refractivity contribution in [3.05, 3.63) is 11.5 Å². The van der Waals surface area contributed by atoms with E-state index in [-0.39, 0.29) is 5.28 Å². The van der Waals surface area contributed by atoms with Gasteiger partial charge in [-0.15, -0.1) is 0 Å². The van der Waals surface area contributed by atoms with Crippen molar-refractivity contribution in [1.82, 2.24) is 20.2 Å². The molecule has 6 nitrogen and oxygen atoms in total. The van der Waals surface area contributed by atoms with Gasteiger partial charge in [0.05, 0.1) is 11.6 Å². The normalized spacial score (nSPS) is 19.5. The fourth-order valence-corrected chi connectivity index (χ4v) is 2.32. The summed E-state index contributed by atoms with van der Waals surface area (Å²) in [6.07, 6.45) is 3.92. The number of aromatic amines is 1. The number of H-pyrrole nitrogens is 1. The fraction of sp³-hybridized carbons (Fsp3) is 0.545. The van der Waals surface area contributed by atoms with Gasteiger partial charge in [0.25, 0.3) is 0 Å². The third-order valence-corrected chi connectivity index (χ3v) is 3.32. The van der Waals surface area contributed by atoms with Gasteiger partial charge in [-0.05, 0) is 30.4 Å². The van der Waals surface area contributed by atoms with Crippen LogP contribution in [0.5, 0.6) is 0 Å². The number of aromatic nitrogens is 4. The van der Waals surface area contributed by atoms with Crippen LogP contribution >= 0.6 is 11.6 Å². The summed E-state index contributed by atoms with van der Waals surface area (Å²) in [6, 6.07) is 0. The molecule has 1 unspecified atom stereocenters. The van der Waals surface area contributed by atoms with E-state index in [4.69, 9.17) is 16.3 Å². The van der Waals surface area contributed by atoms with Crippen molar-refractivity contribution in [3.8, 4) is 0 Å². The van der Waals surface area contributed by atoms with Crippen LogP contribution in [0.15, 0.2) is 6.20 Å². The van der Waals surface area contributed by atoms with Crippen LogP contribution in [0, 0.1) is 5.92 Å². The second kappa shape index (κ2) is 5.07. The number of ether oxygens (including phenoxy) is 1. The Labute approximate surface area is 109 Å². The molecule has 2 N–H and O–H groups in total. The maximum Gasteiger partial charge on any atom is 0.226 e. The Morgan fingerprint density at radius 3 is 3.28 bits per heavy atom. The van der Waals surface area contributed by atoms with Crippen LogP contribution in [0.3, 0.4) is 0 Å². The van der Waals surface area contributed by atoms with Crippen LogP contribution in [0.2, 0.25) is 5.28 Å². The summed E-state index contributed by atoms with van der Waals surface area (Å²) in [7, 11) is 0. The molecule has 96 valence electrons. The quantitative estimate of drug-likeness (QED) is 0.827. The predicted molar refractivity (Wildman–Crippen MR) is 68.7 cm³/mol. The van der Waals surface area contributed by atoms with Gasteiger partial charge in [-0.2, -0.15) is 15.1 Å². The molecule has 1 fully saturated rings. The smallest absolute Gasteiger partial charge is 0.226 e. The van der Waals surface area contributed by atoms with Crippen molar-refractivity contribution in [1.29, 1.82) is 0 Å². The molecular weight excluding hydrogens is 254 g/mol. The first-order chi connectivity index (χ1) is 8.83. The zero-order valence-corrected chi connectivity index (χ0v) is 10.6. The molecule has 1 saturated heterocycles. The monoisotopic (exact) mass is 267 g/mol. The highest BCUT2D eigenvalue weighted by atomic mass is 35.5. The summed E-state index contributed by atoms with van der Waals surface area (Å²) in [5.41, 5.74) is 0.654. The molecule has 1 aliphatic rings. The third-order valence-electron chi connectivity index (χ3n) is 3.15.